The highest BCUT2D eigenvalue weighted by molar-refractivity contribution is 7.91. The molecular weight excluding hydrogens is 302 g/mol. The smallest absolute Gasteiger partial charge is 0.244 e. The number of fused-ring (bicyclic) bond motifs is 1. The van der Waals surface area contributed by atoms with E-state index in [9.17, 15) is 13.2 Å². The lowest BCUT2D eigenvalue weighted by Crippen LogP contribution is -2.42. The highest BCUT2D eigenvalue weighted by atomic mass is 32.2. The topological polar surface area (TPSA) is 72.5 Å². The van der Waals surface area contributed by atoms with Crippen molar-refractivity contribution >= 4 is 15.9 Å². The van der Waals surface area contributed by atoms with Gasteiger partial charge in [0.1, 0.15) is 18.3 Å². The fourth-order valence-electron chi connectivity index (χ4n) is 2.95. The molecule has 0 spiro atoms. The first kappa shape index (κ1) is 15.3. The van der Waals surface area contributed by atoms with E-state index in [0.717, 1.165) is 16.7 Å². The number of rotatable bonds is 4. The quantitative estimate of drug-likeness (QED) is 0.921. The highest BCUT2D eigenvalue weighted by Gasteiger charge is 2.54. The largest absolute Gasteiger partial charge is 0.492 e. The van der Waals surface area contributed by atoms with Gasteiger partial charge in [-0.15, -0.1) is 0 Å². The van der Waals surface area contributed by atoms with Crippen molar-refractivity contribution in [3.05, 3.63) is 28.8 Å². The Morgan fingerprint density at radius 3 is 2.55 bits per heavy atom. The van der Waals surface area contributed by atoms with Crippen molar-refractivity contribution in [3.63, 3.8) is 0 Å². The molecule has 0 bridgehead atoms. The van der Waals surface area contributed by atoms with Gasteiger partial charge < -0.3 is 4.74 Å². The molecule has 6 heteroatoms. The van der Waals surface area contributed by atoms with Crippen molar-refractivity contribution in [2.75, 3.05) is 6.61 Å². The van der Waals surface area contributed by atoms with E-state index in [-0.39, 0.29) is 6.61 Å². The Kier molecular flexibility index (Phi) is 3.47. The predicted octanol–water partition coefficient (Wildman–Crippen LogP) is 2.17. The maximum absolute atomic E-state index is 12.4. The van der Waals surface area contributed by atoms with E-state index in [1.165, 1.54) is 0 Å². The Balaban J connectivity index is 1.83. The lowest BCUT2D eigenvalue weighted by atomic mass is 9.97. The molecule has 2 aliphatic rings. The molecule has 1 aromatic carbocycles. The van der Waals surface area contributed by atoms with Crippen molar-refractivity contribution in [2.24, 2.45) is 0 Å². The molecule has 1 fully saturated rings. The van der Waals surface area contributed by atoms with E-state index in [4.69, 9.17) is 4.74 Å². The summed E-state index contributed by atoms with van der Waals surface area (Å²) in [7, 11) is -3.61. The lowest BCUT2D eigenvalue weighted by Gasteiger charge is -2.17. The van der Waals surface area contributed by atoms with Crippen molar-refractivity contribution in [3.8, 4) is 5.75 Å². The maximum Gasteiger partial charge on any atom is 0.244 e. The molecule has 1 heterocycles. The van der Waals surface area contributed by atoms with Crippen LogP contribution in [-0.4, -0.2) is 25.7 Å². The zero-order valence-corrected chi connectivity index (χ0v) is 13.9. The van der Waals surface area contributed by atoms with Gasteiger partial charge in [0.25, 0.3) is 0 Å². The number of hydrogen-bond donors (Lipinski definition) is 1. The molecule has 1 N–H and O–H groups in total. The van der Waals surface area contributed by atoms with Crippen LogP contribution in [0.2, 0.25) is 0 Å². The average Bonchev–Trinajstić information content (AvgIpc) is 3.16. The van der Waals surface area contributed by atoms with Crippen LogP contribution in [0.1, 0.15) is 48.8 Å². The van der Waals surface area contributed by atoms with Crippen LogP contribution in [0, 0.1) is 13.8 Å². The van der Waals surface area contributed by atoms with Crippen LogP contribution < -0.4 is 9.46 Å². The third kappa shape index (κ3) is 2.29. The molecule has 0 aromatic heterocycles. The summed E-state index contributed by atoms with van der Waals surface area (Å²) in [5, 5.41) is 0. The predicted molar refractivity (Wildman–Crippen MR) is 83.5 cm³/mol. The molecule has 1 aliphatic carbocycles. The van der Waals surface area contributed by atoms with E-state index in [1.54, 1.807) is 0 Å². The number of carbonyl (C=O) groups is 1. The van der Waals surface area contributed by atoms with E-state index in [1.807, 2.05) is 32.9 Å². The summed E-state index contributed by atoms with van der Waals surface area (Å²) in [4.78, 5) is 12.4. The Bertz CT molecular complexity index is 735. The number of benzene rings is 1. The molecule has 1 aliphatic heterocycles. The standard InChI is InChI=1S/C16H21NO4S/c1-4-16(5-6-16)22(19,20)17-15(18)13-9-21-14-8-11(3)10(2)7-12(13)14/h7-8,13H,4-6,9H2,1-3H3,(H,17,18). The summed E-state index contributed by atoms with van der Waals surface area (Å²) < 4.78 is 31.8. The molecule has 1 saturated carbocycles. The molecule has 1 atom stereocenters. The number of nitrogens with one attached hydrogen (secondary N) is 1. The normalized spacial score (nSPS) is 21.9. The van der Waals surface area contributed by atoms with Crippen LogP contribution in [0.5, 0.6) is 5.75 Å². The fourth-order valence-corrected chi connectivity index (χ4v) is 4.60. The second-order valence-corrected chi connectivity index (χ2v) is 8.42. The number of aryl methyl sites for hydroxylation is 2. The van der Waals surface area contributed by atoms with Gasteiger partial charge >= 0.3 is 0 Å². The third-order valence-corrected chi connectivity index (χ3v) is 7.29. The summed E-state index contributed by atoms with van der Waals surface area (Å²) in [6.07, 6.45) is 1.79. The van der Waals surface area contributed by atoms with Crippen molar-refractivity contribution < 1.29 is 17.9 Å². The van der Waals surface area contributed by atoms with Crippen LogP contribution in [0.25, 0.3) is 0 Å². The van der Waals surface area contributed by atoms with Gasteiger partial charge in [0.2, 0.25) is 15.9 Å². The Morgan fingerprint density at radius 1 is 1.32 bits per heavy atom. The van der Waals surface area contributed by atoms with E-state index in [2.05, 4.69) is 4.72 Å². The molecule has 3 rings (SSSR count). The Morgan fingerprint density at radius 2 is 1.95 bits per heavy atom. The van der Waals surface area contributed by atoms with Crippen LogP contribution in [0.15, 0.2) is 12.1 Å². The molecule has 22 heavy (non-hydrogen) atoms. The van der Waals surface area contributed by atoms with Crippen LogP contribution >= 0.6 is 0 Å². The number of amides is 1. The third-order valence-electron chi connectivity index (χ3n) is 4.98. The van der Waals surface area contributed by atoms with Gasteiger partial charge in [-0.3, -0.25) is 9.52 Å². The van der Waals surface area contributed by atoms with Gasteiger partial charge in [-0.2, -0.15) is 0 Å². The summed E-state index contributed by atoms with van der Waals surface area (Å²) >= 11 is 0. The summed E-state index contributed by atoms with van der Waals surface area (Å²) in [5.74, 6) is -0.365. The zero-order chi connectivity index (χ0) is 16.1. The minimum Gasteiger partial charge on any atom is -0.492 e. The molecular formula is C16H21NO4S. The first-order valence-electron chi connectivity index (χ1n) is 7.60. The summed E-state index contributed by atoms with van der Waals surface area (Å²) in [5.41, 5.74) is 2.93. The molecule has 1 aromatic rings. The van der Waals surface area contributed by atoms with Gasteiger partial charge in [-0.05, 0) is 50.3 Å². The van der Waals surface area contributed by atoms with Crippen LogP contribution in [0.4, 0.5) is 0 Å². The molecule has 5 nitrogen and oxygen atoms in total. The minimum atomic E-state index is -3.61. The van der Waals surface area contributed by atoms with Gasteiger partial charge in [0.15, 0.2) is 0 Å². The highest BCUT2D eigenvalue weighted by Crippen LogP contribution is 2.46. The second kappa shape index (κ2) is 4.98. The number of sulfonamides is 1. The average molecular weight is 323 g/mol. The summed E-state index contributed by atoms with van der Waals surface area (Å²) in [6.45, 7) is 5.99. The van der Waals surface area contributed by atoms with Gasteiger partial charge in [-0.25, -0.2) is 8.42 Å². The van der Waals surface area contributed by atoms with Crippen molar-refractivity contribution in [2.45, 2.75) is 50.7 Å². The van der Waals surface area contributed by atoms with E-state index in [0.29, 0.717) is 25.0 Å². The fraction of sp³-hybridized carbons (Fsp3) is 0.562. The first-order chi connectivity index (χ1) is 10.3. The van der Waals surface area contributed by atoms with Crippen LogP contribution in [-0.2, 0) is 14.8 Å². The lowest BCUT2D eigenvalue weighted by molar-refractivity contribution is -0.121. The van der Waals surface area contributed by atoms with Crippen LogP contribution in [0.3, 0.4) is 0 Å². The second-order valence-electron chi connectivity index (χ2n) is 6.34. The Labute approximate surface area is 131 Å². The van der Waals surface area contributed by atoms with Crippen molar-refractivity contribution in [1.29, 1.82) is 0 Å². The zero-order valence-electron chi connectivity index (χ0n) is 13.1. The van der Waals surface area contributed by atoms with E-state index < -0.39 is 26.6 Å². The Hall–Kier alpha value is -1.56. The summed E-state index contributed by atoms with van der Waals surface area (Å²) in [6, 6.07) is 3.82. The van der Waals surface area contributed by atoms with Gasteiger partial charge in [0, 0.05) is 5.56 Å². The number of carbonyl (C=O) groups excluding carboxylic acids is 1. The monoisotopic (exact) mass is 323 g/mol. The molecule has 120 valence electrons. The number of ether oxygens (including phenoxy) is 1. The van der Waals surface area contributed by atoms with E-state index >= 15 is 0 Å². The molecule has 1 amide bonds. The number of hydrogen-bond acceptors (Lipinski definition) is 4. The molecule has 0 saturated heterocycles. The minimum absolute atomic E-state index is 0.193. The molecule has 0 radical (unpaired) electrons. The molecule has 1 unspecified atom stereocenters. The first-order valence-corrected chi connectivity index (χ1v) is 9.08. The van der Waals surface area contributed by atoms with Gasteiger partial charge in [-0.1, -0.05) is 13.0 Å². The SMILES string of the molecule is CCC1(S(=O)(=O)NC(=O)C2COc3cc(C)c(C)cc32)CC1. The van der Waals surface area contributed by atoms with Gasteiger partial charge in [0.05, 0.1) is 4.75 Å². The maximum atomic E-state index is 12.4. The van der Waals surface area contributed by atoms with Crippen molar-refractivity contribution in [1.82, 2.24) is 4.72 Å².